The van der Waals surface area contributed by atoms with Gasteiger partial charge in [0.1, 0.15) is 5.82 Å². The number of pyridine rings is 1. The Labute approximate surface area is 118 Å². The van der Waals surface area contributed by atoms with Crippen LogP contribution >= 0.6 is 31.9 Å². The van der Waals surface area contributed by atoms with E-state index in [-0.39, 0.29) is 0 Å². The number of rotatable bonds is 2. The van der Waals surface area contributed by atoms with Gasteiger partial charge >= 0.3 is 0 Å². The first-order valence-corrected chi connectivity index (χ1v) is 6.81. The number of aromatic nitrogens is 1. The first-order valence-electron chi connectivity index (χ1n) is 5.23. The number of nitrogens with one attached hydrogen (secondary N) is 1. The lowest BCUT2D eigenvalue weighted by Crippen LogP contribution is -1.97. The second kappa shape index (κ2) is 5.19. The van der Waals surface area contributed by atoms with Crippen LogP contribution in [-0.4, -0.2) is 4.98 Å². The van der Waals surface area contributed by atoms with Crippen LogP contribution in [0.3, 0.4) is 0 Å². The Bertz CT molecular complexity index is 504. The van der Waals surface area contributed by atoms with Crippen molar-refractivity contribution in [1.82, 2.24) is 4.98 Å². The molecule has 0 radical (unpaired) electrons. The molecular formula is C13H12Br2N2. The summed E-state index contributed by atoms with van der Waals surface area (Å²) in [5.41, 5.74) is 3.39. The van der Waals surface area contributed by atoms with Crippen LogP contribution in [0.15, 0.2) is 39.4 Å². The fraction of sp³-hybridized carbons (Fsp3) is 0.154. The first-order chi connectivity index (χ1) is 8.09. The molecule has 4 heteroatoms. The summed E-state index contributed by atoms with van der Waals surface area (Å²) in [6, 6.07) is 8.04. The van der Waals surface area contributed by atoms with Crippen LogP contribution in [0.2, 0.25) is 0 Å². The summed E-state index contributed by atoms with van der Waals surface area (Å²) in [4.78, 5) is 4.33. The minimum Gasteiger partial charge on any atom is -0.339 e. The van der Waals surface area contributed by atoms with Gasteiger partial charge < -0.3 is 5.32 Å². The van der Waals surface area contributed by atoms with Crippen molar-refractivity contribution in [3.63, 3.8) is 0 Å². The van der Waals surface area contributed by atoms with Gasteiger partial charge in [0.15, 0.2) is 0 Å². The van der Waals surface area contributed by atoms with Gasteiger partial charge in [0, 0.05) is 16.4 Å². The van der Waals surface area contributed by atoms with Gasteiger partial charge in [-0.3, -0.25) is 0 Å². The first kappa shape index (κ1) is 12.6. The third kappa shape index (κ3) is 2.69. The number of hydrogen-bond donors (Lipinski definition) is 1. The van der Waals surface area contributed by atoms with Gasteiger partial charge in [0.2, 0.25) is 0 Å². The second-order valence-corrected chi connectivity index (χ2v) is 5.48. The van der Waals surface area contributed by atoms with E-state index in [1.54, 1.807) is 6.20 Å². The molecule has 2 rings (SSSR count). The quantitative estimate of drug-likeness (QED) is 0.822. The molecule has 1 heterocycles. The number of anilines is 2. The zero-order valence-electron chi connectivity index (χ0n) is 9.59. The van der Waals surface area contributed by atoms with Gasteiger partial charge in [0.05, 0.1) is 4.47 Å². The Kier molecular flexibility index (Phi) is 3.84. The molecule has 0 aliphatic heterocycles. The second-order valence-electron chi connectivity index (χ2n) is 3.83. The van der Waals surface area contributed by atoms with Crippen molar-refractivity contribution in [3.8, 4) is 0 Å². The van der Waals surface area contributed by atoms with Gasteiger partial charge in [-0.25, -0.2) is 4.98 Å². The lowest BCUT2D eigenvalue weighted by Gasteiger charge is -2.12. The highest BCUT2D eigenvalue weighted by atomic mass is 79.9. The Balaban J connectivity index is 2.38. The van der Waals surface area contributed by atoms with Gasteiger partial charge in [-0.15, -0.1) is 0 Å². The summed E-state index contributed by atoms with van der Waals surface area (Å²) in [6.07, 6.45) is 1.80. The van der Waals surface area contributed by atoms with Crippen LogP contribution in [0.1, 0.15) is 11.1 Å². The molecule has 0 amide bonds. The monoisotopic (exact) mass is 354 g/mol. The molecule has 0 spiro atoms. The smallest absolute Gasteiger partial charge is 0.144 e. The number of aryl methyl sites for hydroxylation is 1. The fourth-order valence-corrected chi connectivity index (χ4v) is 2.20. The predicted molar refractivity (Wildman–Crippen MR) is 78.8 cm³/mol. The molecular weight excluding hydrogens is 344 g/mol. The SMILES string of the molecule is Cc1ccnc(Nc2cccc(Br)c2C)c1Br. The zero-order chi connectivity index (χ0) is 12.4. The van der Waals surface area contributed by atoms with Crippen LogP contribution in [0, 0.1) is 13.8 Å². The molecule has 2 aromatic rings. The molecule has 2 nitrogen and oxygen atoms in total. The van der Waals surface area contributed by atoms with E-state index in [1.165, 1.54) is 5.56 Å². The summed E-state index contributed by atoms with van der Waals surface area (Å²) < 4.78 is 2.09. The van der Waals surface area contributed by atoms with E-state index in [4.69, 9.17) is 0 Å². The summed E-state index contributed by atoms with van der Waals surface area (Å²) in [5, 5.41) is 3.33. The molecule has 0 aliphatic carbocycles. The van der Waals surface area contributed by atoms with Crippen LogP contribution in [-0.2, 0) is 0 Å². The Morgan fingerprint density at radius 3 is 2.65 bits per heavy atom. The standard InChI is InChI=1S/C13H12Br2N2/c1-8-6-7-16-13(12(8)15)17-11-5-3-4-10(14)9(11)2/h3-7H,1-2H3,(H,16,17). The van der Waals surface area contributed by atoms with Crippen molar-refractivity contribution in [1.29, 1.82) is 0 Å². The molecule has 1 aromatic carbocycles. The molecule has 17 heavy (non-hydrogen) atoms. The topological polar surface area (TPSA) is 24.9 Å². The summed E-state index contributed by atoms with van der Waals surface area (Å²) in [5.74, 6) is 0.839. The average Bonchev–Trinajstić information content (AvgIpc) is 2.31. The van der Waals surface area contributed by atoms with Crippen molar-refractivity contribution in [2.45, 2.75) is 13.8 Å². The Hall–Kier alpha value is -0.870. The Morgan fingerprint density at radius 2 is 1.88 bits per heavy atom. The van der Waals surface area contributed by atoms with Crippen molar-refractivity contribution >= 4 is 43.4 Å². The molecule has 1 N–H and O–H groups in total. The highest BCUT2D eigenvalue weighted by Crippen LogP contribution is 2.30. The van der Waals surface area contributed by atoms with Gasteiger partial charge in [-0.2, -0.15) is 0 Å². The van der Waals surface area contributed by atoms with Crippen molar-refractivity contribution in [2.24, 2.45) is 0 Å². The van der Waals surface area contributed by atoms with E-state index in [2.05, 4.69) is 49.1 Å². The van der Waals surface area contributed by atoms with E-state index in [0.717, 1.165) is 26.0 Å². The summed E-state index contributed by atoms with van der Waals surface area (Å²) >= 11 is 7.06. The van der Waals surface area contributed by atoms with E-state index < -0.39 is 0 Å². The Morgan fingerprint density at radius 1 is 1.12 bits per heavy atom. The maximum absolute atomic E-state index is 4.33. The van der Waals surface area contributed by atoms with Crippen LogP contribution in [0.5, 0.6) is 0 Å². The lowest BCUT2D eigenvalue weighted by molar-refractivity contribution is 1.24. The minimum absolute atomic E-state index is 0.839. The molecule has 0 saturated carbocycles. The van der Waals surface area contributed by atoms with E-state index in [0.29, 0.717) is 0 Å². The average molecular weight is 356 g/mol. The summed E-state index contributed by atoms with van der Waals surface area (Å²) in [6.45, 7) is 4.11. The molecule has 1 aromatic heterocycles. The van der Waals surface area contributed by atoms with Crippen LogP contribution < -0.4 is 5.32 Å². The normalized spacial score (nSPS) is 10.4. The molecule has 88 valence electrons. The number of halogens is 2. The molecule has 0 fully saturated rings. The van der Waals surface area contributed by atoms with Crippen LogP contribution in [0.25, 0.3) is 0 Å². The van der Waals surface area contributed by atoms with Crippen molar-refractivity contribution in [3.05, 3.63) is 50.5 Å². The highest BCUT2D eigenvalue weighted by molar-refractivity contribution is 9.11. The third-order valence-electron chi connectivity index (χ3n) is 2.60. The van der Waals surface area contributed by atoms with Gasteiger partial charge in [0.25, 0.3) is 0 Å². The predicted octanol–water partition coefficient (Wildman–Crippen LogP) is 4.97. The lowest BCUT2D eigenvalue weighted by atomic mass is 10.2. The van der Waals surface area contributed by atoms with E-state index in [1.807, 2.05) is 31.2 Å². The molecule has 0 aliphatic rings. The zero-order valence-corrected chi connectivity index (χ0v) is 12.8. The largest absolute Gasteiger partial charge is 0.339 e. The fourth-order valence-electron chi connectivity index (χ4n) is 1.50. The van der Waals surface area contributed by atoms with E-state index >= 15 is 0 Å². The highest BCUT2D eigenvalue weighted by Gasteiger charge is 2.07. The number of hydrogen-bond acceptors (Lipinski definition) is 2. The number of nitrogens with zero attached hydrogens (tertiary/aromatic N) is 1. The number of benzene rings is 1. The van der Waals surface area contributed by atoms with Gasteiger partial charge in [-0.1, -0.05) is 22.0 Å². The molecule has 0 saturated heterocycles. The van der Waals surface area contributed by atoms with E-state index in [9.17, 15) is 0 Å². The minimum atomic E-state index is 0.839. The molecule has 0 unspecified atom stereocenters. The molecule has 0 bridgehead atoms. The van der Waals surface area contributed by atoms with Crippen molar-refractivity contribution in [2.75, 3.05) is 5.32 Å². The molecule has 0 atom stereocenters. The summed E-state index contributed by atoms with van der Waals surface area (Å²) in [7, 11) is 0. The van der Waals surface area contributed by atoms with Crippen LogP contribution in [0.4, 0.5) is 11.5 Å². The maximum Gasteiger partial charge on any atom is 0.144 e. The van der Waals surface area contributed by atoms with Gasteiger partial charge in [-0.05, 0) is 59.1 Å². The van der Waals surface area contributed by atoms with Crippen molar-refractivity contribution < 1.29 is 0 Å². The third-order valence-corrected chi connectivity index (χ3v) is 4.46. The maximum atomic E-state index is 4.33.